The van der Waals surface area contributed by atoms with Gasteiger partial charge in [-0.1, -0.05) is 12.1 Å². The summed E-state index contributed by atoms with van der Waals surface area (Å²) in [6.07, 6.45) is 2.54. The van der Waals surface area contributed by atoms with E-state index in [1.807, 2.05) is 24.3 Å². The normalized spacial score (nSPS) is 19.0. The average molecular weight is 278 g/mol. The van der Waals surface area contributed by atoms with E-state index in [0.717, 1.165) is 19.4 Å². The fourth-order valence-electron chi connectivity index (χ4n) is 2.60. The number of hydrogen-bond donors (Lipinski definition) is 2. The number of para-hydroxylation sites is 2. The van der Waals surface area contributed by atoms with Crippen molar-refractivity contribution in [3.63, 3.8) is 0 Å². The van der Waals surface area contributed by atoms with E-state index in [-0.39, 0.29) is 18.6 Å². The third kappa shape index (κ3) is 3.71. The molecule has 1 aliphatic rings. The average Bonchev–Trinajstić information content (AvgIpc) is 2.93. The van der Waals surface area contributed by atoms with Gasteiger partial charge in [0.15, 0.2) is 0 Å². The van der Waals surface area contributed by atoms with Crippen LogP contribution in [0.1, 0.15) is 19.3 Å². The molecule has 1 unspecified atom stereocenters. The number of amides is 1. The monoisotopic (exact) mass is 278 g/mol. The summed E-state index contributed by atoms with van der Waals surface area (Å²) in [5, 5.41) is 12.1. The van der Waals surface area contributed by atoms with E-state index in [1.165, 1.54) is 0 Å². The number of nitrogens with one attached hydrogen (secondary N) is 1. The molecular weight excluding hydrogens is 256 g/mol. The van der Waals surface area contributed by atoms with Crippen molar-refractivity contribution in [1.29, 1.82) is 0 Å². The molecular formula is C15H22N2O3. The van der Waals surface area contributed by atoms with Gasteiger partial charge in [0.2, 0.25) is 5.91 Å². The number of nitrogens with zero attached hydrogens (tertiary/aromatic N) is 1. The Balaban J connectivity index is 1.83. The second kappa shape index (κ2) is 7.26. The molecule has 0 saturated carbocycles. The quantitative estimate of drug-likeness (QED) is 0.827. The fraction of sp³-hybridized carbons (Fsp3) is 0.533. The van der Waals surface area contributed by atoms with Crippen LogP contribution in [0.5, 0.6) is 5.75 Å². The molecule has 0 spiro atoms. The molecule has 5 heteroatoms. The first-order chi connectivity index (χ1) is 9.74. The van der Waals surface area contributed by atoms with Gasteiger partial charge in [-0.25, -0.2) is 0 Å². The van der Waals surface area contributed by atoms with Gasteiger partial charge >= 0.3 is 0 Å². The molecule has 0 radical (unpaired) electrons. The molecule has 2 N–H and O–H groups in total. The van der Waals surface area contributed by atoms with Gasteiger partial charge in [-0.15, -0.1) is 0 Å². The number of aliphatic hydroxyl groups is 1. The van der Waals surface area contributed by atoms with Crippen LogP contribution in [0, 0.1) is 0 Å². The highest BCUT2D eigenvalue weighted by Gasteiger charge is 2.23. The zero-order chi connectivity index (χ0) is 14.4. The lowest BCUT2D eigenvalue weighted by Gasteiger charge is -2.22. The first-order valence-electron chi connectivity index (χ1n) is 7.02. The number of methoxy groups -OCH3 is 1. The lowest BCUT2D eigenvalue weighted by atomic mass is 10.2. The summed E-state index contributed by atoms with van der Waals surface area (Å²) in [5.74, 6) is 0.633. The van der Waals surface area contributed by atoms with Crippen molar-refractivity contribution in [2.75, 3.05) is 32.1 Å². The molecule has 0 bridgehead atoms. The van der Waals surface area contributed by atoms with Crippen LogP contribution in [0.15, 0.2) is 24.3 Å². The van der Waals surface area contributed by atoms with Gasteiger partial charge in [0.05, 0.1) is 19.4 Å². The molecule has 110 valence electrons. The Morgan fingerprint density at radius 1 is 1.50 bits per heavy atom. The molecule has 1 atom stereocenters. The Morgan fingerprint density at radius 3 is 3.05 bits per heavy atom. The Hall–Kier alpha value is -1.59. The van der Waals surface area contributed by atoms with E-state index in [1.54, 1.807) is 7.11 Å². The molecule has 20 heavy (non-hydrogen) atoms. The molecule has 1 amide bonds. The van der Waals surface area contributed by atoms with Crippen molar-refractivity contribution in [1.82, 2.24) is 4.90 Å². The van der Waals surface area contributed by atoms with Crippen molar-refractivity contribution in [3.8, 4) is 5.75 Å². The summed E-state index contributed by atoms with van der Waals surface area (Å²) < 4.78 is 5.20. The maximum atomic E-state index is 12.0. The van der Waals surface area contributed by atoms with Crippen molar-refractivity contribution >= 4 is 11.6 Å². The van der Waals surface area contributed by atoms with Crippen molar-refractivity contribution in [2.45, 2.75) is 25.3 Å². The highest BCUT2D eigenvalue weighted by molar-refractivity contribution is 5.92. The van der Waals surface area contributed by atoms with E-state index < -0.39 is 0 Å². The number of carbonyl (C=O) groups excluding carboxylic acids is 1. The van der Waals surface area contributed by atoms with Crippen LogP contribution in [0.4, 0.5) is 5.69 Å². The zero-order valence-corrected chi connectivity index (χ0v) is 11.8. The standard InChI is InChI=1S/C15H22N2O3/c1-20-14-7-3-2-6-13(14)16-15(19)8-10-17-9-4-5-12(17)11-18/h2-3,6-7,12,18H,4-5,8-11H2,1H3,(H,16,19). The van der Waals surface area contributed by atoms with Crippen LogP contribution in [-0.2, 0) is 4.79 Å². The lowest BCUT2D eigenvalue weighted by Crippen LogP contribution is -2.34. The molecule has 1 fully saturated rings. The lowest BCUT2D eigenvalue weighted by molar-refractivity contribution is -0.116. The Kier molecular flexibility index (Phi) is 5.38. The second-order valence-electron chi connectivity index (χ2n) is 5.01. The van der Waals surface area contributed by atoms with Crippen LogP contribution >= 0.6 is 0 Å². The number of ether oxygens (including phenoxy) is 1. The maximum Gasteiger partial charge on any atom is 0.225 e. The van der Waals surface area contributed by atoms with Gasteiger partial charge < -0.3 is 15.2 Å². The number of rotatable bonds is 6. The highest BCUT2D eigenvalue weighted by atomic mass is 16.5. The van der Waals surface area contributed by atoms with Gasteiger partial charge in [0.25, 0.3) is 0 Å². The van der Waals surface area contributed by atoms with E-state index in [9.17, 15) is 9.90 Å². The van der Waals surface area contributed by atoms with Crippen LogP contribution < -0.4 is 10.1 Å². The van der Waals surface area contributed by atoms with E-state index >= 15 is 0 Å². The van der Waals surface area contributed by atoms with Crippen molar-refractivity contribution in [2.24, 2.45) is 0 Å². The van der Waals surface area contributed by atoms with Crippen LogP contribution in [-0.4, -0.2) is 48.8 Å². The first kappa shape index (κ1) is 14.8. The number of anilines is 1. The van der Waals surface area contributed by atoms with E-state index in [4.69, 9.17) is 4.74 Å². The van der Waals surface area contributed by atoms with Gasteiger partial charge in [-0.3, -0.25) is 9.69 Å². The predicted molar refractivity (Wildman–Crippen MR) is 77.9 cm³/mol. The molecule has 1 aromatic rings. The number of aliphatic hydroxyl groups excluding tert-OH is 1. The Bertz CT molecular complexity index is 450. The third-order valence-corrected chi connectivity index (χ3v) is 3.72. The van der Waals surface area contributed by atoms with E-state index in [0.29, 0.717) is 24.4 Å². The number of benzene rings is 1. The third-order valence-electron chi connectivity index (χ3n) is 3.72. The number of carbonyl (C=O) groups is 1. The predicted octanol–water partition coefficient (Wildman–Crippen LogP) is 1.48. The Labute approximate surface area is 119 Å². The maximum absolute atomic E-state index is 12.0. The topological polar surface area (TPSA) is 61.8 Å². The zero-order valence-electron chi connectivity index (χ0n) is 11.8. The Morgan fingerprint density at radius 2 is 2.30 bits per heavy atom. The van der Waals surface area contributed by atoms with E-state index in [2.05, 4.69) is 10.2 Å². The molecule has 1 heterocycles. The van der Waals surface area contributed by atoms with Crippen molar-refractivity contribution < 1.29 is 14.6 Å². The fourth-order valence-corrected chi connectivity index (χ4v) is 2.60. The minimum Gasteiger partial charge on any atom is -0.495 e. The van der Waals surface area contributed by atoms with Gasteiger partial charge in [-0.2, -0.15) is 0 Å². The molecule has 1 saturated heterocycles. The van der Waals surface area contributed by atoms with Crippen LogP contribution in [0.25, 0.3) is 0 Å². The second-order valence-corrected chi connectivity index (χ2v) is 5.01. The van der Waals surface area contributed by atoms with Gasteiger partial charge in [0.1, 0.15) is 5.75 Å². The van der Waals surface area contributed by atoms with Crippen LogP contribution in [0.2, 0.25) is 0 Å². The molecule has 0 aliphatic carbocycles. The molecule has 2 rings (SSSR count). The SMILES string of the molecule is COc1ccccc1NC(=O)CCN1CCCC1CO. The van der Waals surface area contributed by atoms with Crippen LogP contribution in [0.3, 0.4) is 0 Å². The largest absolute Gasteiger partial charge is 0.495 e. The van der Waals surface area contributed by atoms with Gasteiger partial charge in [-0.05, 0) is 31.5 Å². The summed E-state index contributed by atoms with van der Waals surface area (Å²) in [6.45, 7) is 1.83. The molecule has 1 aliphatic heterocycles. The smallest absolute Gasteiger partial charge is 0.225 e. The molecule has 5 nitrogen and oxygen atoms in total. The number of hydrogen-bond acceptors (Lipinski definition) is 4. The highest BCUT2D eigenvalue weighted by Crippen LogP contribution is 2.23. The first-order valence-corrected chi connectivity index (χ1v) is 7.02. The summed E-state index contributed by atoms with van der Waals surface area (Å²) >= 11 is 0. The summed E-state index contributed by atoms with van der Waals surface area (Å²) in [7, 11) is 1.58. The molecule has 0 aromatic heterocycles. The van der Waals surface area contributed by atoms with Gasteiger partial charge in [0, 0.05) is 19.0 Å². The minimum absolute atomic E-state index is 0.0295. The summed E-state index contributed by atoms with van der Waals surface area (Å²) in [6, 6.07) is 7.58. The minimum atomic E-state index is -0.0295. The van der Waals surface area contributed by atoms with Crippen molar-refractivity contribution in [3.05, 3.63) is 24.3 Å². The number of likely N-dealkylation sites (tertiary alicyclic amines) is 1. The summed E-state index contributed by atoms with van der Waals surface area (Å²) in [4.78, 5) is 14.2. The summed E-state index contributed by atoms with van der Waals surface area (Å²) in [5.41, 5.74) is 0.695. The molecule has 1 aromatic carbocycles.